The van der Waals surface area contributed by atoms with E-state index in [1.54, 1.807) is 0 Å². The highest BCUT2D eigenvalue weighted by Crippen LogP contribution is 2.40. The lowest BCUT2D eigenvalue weighted by molar-refractivity contribution is 0.282. The second-order valence-electron chi connectivity index (χ2n) is 4.32. The Morgan fingerprint density at radius 1 is 1.10 bits per heavy atom. The summed E-state index contributed by atoms with van der Waals surface area (Å²) in [5.74, 6) is 3.86. The summed E-state index contributed by atoms with van der Waals surface area (Å²) in [6.07, 6.45) is 2.93. The zero-order valence-corrected chi connectivity index (χ0v) is 7.72. The smallest absolute Gasteiger partial charge is 0.0363 e. The summed E-state index contributed by atoms with van der Waals surface area (Å²) in [7, 11) is 0. The fourth-order valence-electron chi connectivity index (χ4n) is 2.34. The van der Waals surface area contributed by atoms with Gasteiger partial charge in [0, 0.05) is 0 Å². The SMILES string of the molecule is CC(C)[C@H]1CC[C@@H](C)[C@H]1C. The van der Waals surface area contributed by atoms with Crippen molar-refractivity contribution in [3.05, 3.63) is 0 Å². The minimum atomic E-state index is 0.903. The molecule has 0 heteroatoms. The Labute approximate surface area is 65.0 Å². The molecule has 0 radical (unpaired) electrons. The van der Waals surface area contributed by atoms with Crippen molar-refractivity contribution in [1.29, 1.82) is 0 Å². The molecule has 0 N–H and O–H groups in total. The molecule has 10 heavy (non-hydrogen) atoms. The molecule has 0 aromatic rings. The fourth-order valence-corrected chi connectivity index (χ4v) is 2.34. The first kappa shape index (κ1) is 8.10. The molecular weight excluding hydrogens is 120 g/mol. The van der Waals surface area contributed by atoms with E-state index in [1.165, 1.54) is 12.8 Å². The molecule has 0 bridgehead atoms. The number of rotatable bonds is 1. The van der Waals surface area contributed by atoms with Gasteiger partial charge < -0.3 is 0 Å². The van der Waals surface area contributed by atoms with Crippen LogP contribution in [0.1, 0.15) is 40.5 Å². The van der Waals surface area contributed by atoms with E-state index in [-0.39, 0.29) is 0 Å². The zero-order valence-electron chi connectivity index (χ0n) is 7.72. The molecule has 0 aromatic carbocycles. The fraction of sp³-hybridized carbons (Fsp3) is 1.00. The Balaban J connectivity index is 2.49. The highest BCUT2D eigenvalue weighted by atomic mass is 14.4. The third-order valence-electron chi connectivity index (χ3n) is 3.38. The molecule has 0 aliphatic heterocycles. The van der Waals surface area contributed by atoms with Crippen LogP contribution in [0.4, 0.5) is 0 Å². The van der Waals surface area contributed by atoms with Crippen LogP contribution in [-0.2, 0) is 0 Å². The summed E-state index contributed by atoms with van der Waals surface area (Å²) in [6.45, 7) is 9.54. The maximum absolute atomic E-state index is 2.42. The monoisotopic (exact) mass is 140 g/mol. The second kappa shape index (κ2) is 2.94. The van der Waals surface area contributed by atoms with Crippen LogP contribution in [0.15, 0.2) is 0 Å². The highest BCUT2D eigenvalue weighted by molar-refractivity contribution is 4.81. The Hall–Kier alpha value is 0. The third-order valence-corrected chi connectivity index (χ3v) is 3.38. The maximum atomic E-state index is 2.42. The van der Waals surface area contributed by atoms with Crippen molar-refractivity contribution < 1.29 is 0 Å². The molecule has 0 nitrogen and oxygen atoms in total. The molecule has 3 atom stereocenters. The van der Waals surface area contributed by atoms with Crippen molar-refractivity contribution in [2.75, 3.05) is 0 Å². The molecule has 0 spiro atoms. The van der Waals surface area contributed by atoms with E-state index in [2.05, 4.69) is 27.7 Å². The Bertz CT molecular complexity index is 105. The van der Waals surface area contributed by atoms with E-state index < -0.39 is 0 Å². The molecule has 0 heterocycles. The van der Waals surface area contributed by atoms with Crippen LogP contribution >= 0.6 is 0 Å². The van der Waals surface area contributed by atoms with Crippen LogP contribution < -0.4 is 0 Å². The highest BCUT2D eigenvalue weighted by Gasteiger charge is 2.31. The zero-order chi connectivity index (χ0) is 7.72. The minimum absolute atomic E-state index is 0.903. The second-order valence-corrected chi connectivity index (χ2v) is 4.32. The van der Waals surface area contributed by atoms with Gasteiger partial charge >= 0.3 is 0 Å². The standard InChI is InChI=1S/C10H20/c1-7(2)10-6-5-8(3)9(10)4/h7-10H,5-6H2,1-4H3/t8-,9-,10-/m1/s1. The molecule has 0 unspecified atom stereocenters. The van der Waals surface area contributed by atoms with Crippen LogP contribution in [0.5, 0.6) is 0 Å². The van der Waals surface area contributed by atoms with Gasteiger partial charge in [0.2, 0.25) is 0 Å². The number of hydrogen-bond acceptors (Lipinski definition) is 0. The van der Waals surface area contributed by atoms with Crippen LogP contribution in [0.3, 0.4) is 0 Å². The first-order valence-electron chi connectivity index (χ1n) is 4.63. The van der Waals surface area contributed by atoms with Crippen LogP contribution in [0.2, 0.25) is 0 Å². The summed E-state index contributed by atoms with van der Waals surface area (Å²) in [4.78, 5) is 0. The molecule has 0 aromatic heterocycles. The number of hydrogen-bond donors (Lipinski definition) is 0. The molecule has 60 valence electrons. The van der Waals surface area contributed by atoms with Gasteiger partial charge in [-0.3, -0.25) is 0 Å². The average Bonchev–Trinajstić information content (AvgIpc) is 2.14. The van der Waals surface area contributed by atoms with E-state index in [0.717, 1.165) is 23.7 Å². The molecule has 1 fully saturated rings. The van der Waals surface area contributed by atoms with Gasteiger partial charge in [0.1, 0.15) is 0 Å². The quantitative estimate of drug-likeness (QED) is 0.524. The molecule has 1 rings (SSSR count). The summed E-state index contributed by atoms with van der Waals surface area (Å²) >= 11 is 0. The normalized spacial score (nSPS) is 41.1. The van der Waals surface area contributed by atoms with Gasteiger partial charge in [0.25, 0.3) is 0 Å². The van der Waals surface area contributed by atoms with Gasteiger partial charge in [-0.05, 0) is 30.1 Å². The molecule has 1 aliphatic carbocycles. The van der Waals surface area contributed by atoms with Crippen molar-refractivity contribution in [3.8, 4) is 0 Å². The lowest BCUT2D eigenvalue weighted by atomic mass is 9.85. The van der Waals surface area contributed by atoms with Gasteiger partial charge in [-0.25, -0.2) is 0 Å². The van der Waals surface area contributed by atoms with Gasteiger partial charge in [0.05, 0.1) is 0 Å². The van der Waals surface area contributed by atoms with Gasteiger partial charge in [-0.1, -0.05) is 34.1 Å². The van der Waals surface area contributed by atoms with Crippen LogP contribution in [0, 0.1) is 23.7 Å². The molecule has 1 saturated carbocycles. The topological polar surface area (TPSA) is 0 Å². The minimum Gasteiger partial charge on any atom is -0.0625 e. The summed E-state index contributed by atoms with van der Waals surface area (Å²) < 4.78 is 0. The van der Waals surface area contributed by atoms with Gasteiger partial charge in [-0.15, -0.1) is 0 Å². The maximum Gasteiger partial charge on any atom is -0.0363 e. The van der Waals surface area contributed by atoms with E-state index in [0.29, 0.717) is 0 Å². The van der Waals surface area contributed by atoms with Crippen molar-refractivity contribution in [2.45, 2.75) is 40.5 Å². The van der Waals surface area contributed by atoms with Crippen molar-refractivity contribution in [3.63, 3.8) is 0 Å². The molecule has 0 amide bonds. The average molecular weight is 140 g/mol. The van der Waals surface area contributed by atoms with Crippen LogP contribution in [-0.4, -0.2) is 0 Å². The lowest BCUT2D eigenvalue weighted by Gasteiger charge is -2.21. The van der Waals surface area contributed by atoms with E-state index >= 15 is 0 Å². The first-order chi connectivity index (χ1) is 4.63. The Kier molecular flexibility index (Phi) is 2.38. The van der Waals surface area contributed by atoms with Crippen molar-refractivity contribution in [1.82, 2.24) is 0 Å². The van der Waals surface area contributed by atoms with Crippen molar-refractivity contribution >= 4 is 0 Å². The first-order valence-corrected chi connectivity index (χ1v) is 4.63. The van der Waals surface area contributed by atoms with Crippen molar-refractivity contribution in [2.24, 2.45) is 23.7 Å². The predicted octanol–water partition coefficient (Wildman–Crippen LogP) is 3.32. The summed E-state index contributed by atoms with van der Waals surface area (Å²) in [6, 6.07) is 0. The third kappa shape index (κ3) is 1.36. The largest absolute Gasteiger partial charge is 0.0625 e. The Morgan fingerprint density at radius 2 is 1.70 bits per heavy atom. The van der Waals surface area contributed by atoms with E-state index in [4.69, 9.17) is 0 Å². The summed E-state index contributed by atoms with van der Waals surface area (Å²) in [5, 5.41) is 0. The Morgan fingerprint density at radius 3 is 1.90 bits per heavy atom. The van der Waals surface area contributed by atoms with Crippen LogP contribution in [0.25, 0.3) is 0 Å². The van der Waals surface area contributed by atoms with Gasteiger partial charge in [-0.2, -0.15) is 0 Å². The molecule has 1 aliphatic rings. The summed E-state index contributed by atoms with van der Waals surface area (Å²) in [5.41, 5.74) is 0. The lowest BCUT2D eigenvalue weighted by Crippen LogP contribution is -2.14. The molecular formula is C10H20. The predicted molar refractivity (Wildman–Crippen MR) is 45.9 cm³/mol. The van der Waals surface area contributed by atoms with Gasteiger partial charge in [0.15, 0.2) is 0 Å². The molecule has 0 saturated heterocycles. The van der Waals surface area contributed by atoms with E-state index in [9.17, 15) is 0 Å². The van der Waals surface area contributed by atoms with E-state index in [1.807, 2.05) is 0 Å².